The summed E-state index contributed by atoms with van der Waals surface area (Å²) in [4.78, 5) is 28.6. The monoisotopic (exact) mass is 382 g/mol. The zero-order valence-corrected chi connectivity index (χ0v) is 15.9. The zero-order chi connectivity index (χ0) is 19.7. The molecular weight excluding hydrogens is 360 g/mol. The normalized spacial score (nSPS) is 13.4. The average molecular weight is 382 g/mol. The number of methoxy groups -OCH3 is 1. The molecule has 0 aliphatic heterocycles. The van der Waals surface area contributed by atoms with Crippen LogP contribution in [-0.4, -0.2) is 34.0 Å². The predicted octanol–water partition coefficient (Wildman–Crippen LogP) is 3.39. The first kappa shape index (κ1) is 18.2. The number of benzene rings is 1. The molecule has 8 heteroatoms. The number of hydrogen-bond donors (Lipinski definition) is 1. The molecule has 0 radical (unpaired) electrons. The van der Waals surface area contributed by atoms with Gasteiger partial charge in [0.15, 0.2) is 0 Å². The van der Waals surface area contributed by atoms with Crippen molar-refractivity contribution in [2.75, 3.05) is 12.4 Å². The number of fused-ring (bicyclic) bond motifs is 2. The highest BCUT2D eigenvalue weighted by Crippen LogP contribution is 2.31. The minimum Gasteiger partial charge on any atom is -0.494 e. The second kappa shape index (κ2) is 7.46. The van der Waals surface area contributed by atoms with Gasteiger partial charge in [0.05, 0.1) is 18.3 Å². The van der Waals surface area contributed by atoms with Crippen LogP contribution in [0.3, 0.4) is 0 Å². The Bertz CT molecular complexity index is 1050. The Labute approximate surface area is 161 Å². The number of aromatic nitrogens is 3. The smallest absolute Gasteiger partial charge is 0.296 e. The summed E-state index contributed by atoms with van der Waals surface area (Å²) in [5.41, 5.74) is 3.56. The van der Waals surface area contributed by atoms with Crippen LogP contribution in [0.2, 0.25) is 0 Å². The number of carbonyl (C=O) groups excluding carboxylic acids is 2. The first-order chi connectivity index (χ1) is 13.7. The second-order valence-corrected chi connectivity index (χ2v) is 6.89. The van der Waals surface area contributed by atoms with E-state index in [4.69, 9.17) is 9.26 Å². The zero-order valence-electron chi connectivity index (χ0n) is 15.9. The lowest BCUT2D eigenvalue weighted by molar-refractivity contribution is 0.0985. The number of carbonyl (C=O) groups is 2. The Balaban J connectivity index is 1.75. The molecule has 0 fully saturated rings. The molecule has 0 atom stereocenters. The van der Waals surface area contributed by atoms with Gasteiger partial charge in [-0.3, -0.25) is 14.9 Å². The lowest BCUT2D eigenvalue weighted by Crippen LogP contribution is -2.17. The van der Waals surface area contributed by atoms with Crippen molar-refractivity contribution in [2.24, 2.45) is 0 Å². The number of imidazole rings is 1. The number of nitrogens with one attached hydrogen (secondary N) is 1. The largest absolute Gasteiger partial charge is 0.494 e. The maximum absolute atomic E-state index is 12.9. The van der Waals surface area contributed by atoms with Gasteiger partial charge in [0, 0.05) is 17.7 Å². The molecule has 2 aromatic heterocycles. The SMILES string of the molecule is CCCn1c(NC(=O)c2onc3c2CCCC3)nc2cc(C=O)cc(OC)c21. The van der Waals surface area contributed by atoms with Gasteiger partial charge in [0.2, 0.25) is 11.7 Å². The van der Waals surface area contributed by atoms with E-state index in [0.29, 0.717) is 29.3 Å². The number of ether oxygens (including phenoxy) is 1. The maximum atomic E-state index is 12.9. The molecule has 1 amide bonds. The molecule has 0 unspecified atom stereocenters. The molecule has 1 N–H and O–H groups in total. The minimum absolute atomic E-state index is 0.255. The topological polar surface area (TPSA) is 99.3 Å². The summed E-state index contributed by atoms with van der Waals surface area (Å²) in [5.74, 6) is 0.825. The Morgan fingerprint density at radius 1 is 1.36 bits per heavy atom. The number of nitrogens with zero attached hydrogens (tertiary/aromatic N) is 3. The van der Waals surface area contributed by atoms with E-state index in [1.807, 2.05) is 11.5 Å². The lowest BCUT2D eigenvalue weighted by atomic mass is 9.96. The van der Waals surface area contributed by atoms with Gasteiger partial charge in [0.25, 0.3) is 5.91 Å². The van der Waals surface area contributed by atoms with Crippen LogP contribution in [0.1, 0.15) is 58.4 Å². The molecule has 0 saturated heterocycles. The summed E-state index contributed by atoms with van der Waals surface area (Å²) in [6, 6.07) is 3.35. The van der Waals surface area contributed by atoms with Crippen molar-refractivity contribution in [2.45, 2.75) is 45.6 Å². The van der Waals surface area contributed by atoms with Crippen molar-refractivity contribution in [1.29, 1.82) is 0 Å². The Morgan fingerprint density at radius 3 is 2.93 bits per heavy atom. The Morgan fingerprint density at radius 2 is 2.18 bits per heavy atom. The van der Waals surface area contributed by atoms with E-state index in [0.717, 1.165) is 55.2 Å². The first-order valence-electron chi connectivity index (χ1n) is 9.48. The van der Waals surface area contributed by atoms with Crippen LogP contribution < -0.4 is 10.1 Å². The van der Waals surface area contributed by atoms with E-state index in [-0.39, 0.29) is 11.7 Å². The number of aldehydes is 1. The van der Waals surface area contributed by atoms with E-state index in [1.54, 1.807) is 19.2 Å². The third kappa shape index (κ3) is 3.04. The fourth-order valence-electron chi connectivity index (χ4n) is 3.74. The number of amides is 1. The maximum Gasteiger partial charge on any atom is 0.296 e. The van der Waals surface area contributed by atoms with Crippen molar-refractivity contribution in [3.63, 3.8) is 0 Å². The highest BCUT2D eigenvalue weighted by molar-refractivity contribution is 6.03. The van der Waals surface area contributed by atoms with Gasteiger partial charge in [-0.25, -0.2) is 4.98 Å². The van der Waals surface area contributed by atoms with Crippen LogP contribution in [0.25, 0.3) is 11.0 Å². The summed E-state index contributed by atoms with van der Waals surface area (Å²) in [5, 5.41) is 6.91. The third-order valence-electron chi connectivity index (χ3n) is 5.02. The van der Waals surface area contributed by atoms with Crippen LogP contribution in [0, 0.1) is 0 Å². The standard InChI is InChI=1S/C20H22N4O4/c1-3-8-24-17-15(9-12(11-25)10-16(17)27-2)21-20(24)22-19(26)18-13-6-4-5-7-14(13)23-28-18/h9-11H,3-8H2,1-2H3,(H,21,22,26). The van der Waals surface area contributed by atoms with E-state index in [2.05, 4.69) is 15.5 Å². The van der Waals surface area contributed by atoms with Gasteiger partial charge >= 0.3 is 0 Å². The van der Waals surface area contributed by atoms with E-state index in [9.17, 15) is 9.59 Å². The van der Waals surface area contributed by atoms with Crippen molar-refractivity contribution in [1.82, 2.24) is 14.7 Å². The van der Waals surface area contributed by atoms with Crippen molar-refractivity contribution in [3.05, 3.63) is 34.7 Å². The number of aryl methyl sites for hydroxylation is 2. The van der Waals surface area contributed by atoms with Gasteiger partial charge in [-0.15, -0.1) is 0 Å². The molecule has 4 rings (SSSR count). The molecule has 1 aliphatic carbocycles. The van der Waals surface area contributed by atoms with Gasteiger partial charge in [-0.1, -0.05) is 12.1 Å². The molecular formula is C20H22N4O4. The third-order valence-corrected chi connectivity index (χ3v) is 5.02. The molecule has 146 valence electrons. The van der Waals surface area contributed by atoms with Crippen LogP contribution >= 0.6 is 0 Å². The highest BCUT2D eigenvalue weighted by atomic mass is 16.5. The van der Waals surface area contributed by atoms with Gasteiger partial charge in [-0.2, -0.15) is 0 Å². The molecule has 1 aromatic carbocycles. The number of hydrogen-bond acceptors (Lipinski definition) is 6. The summed E-state index contributed by atoms with van der Waals surface area (Å²) in [6.07, 6.45) is 5.31. The van der Waals surface area contributed by atoms with Crippen LogP contribution in [-0.2, 0) is 19.4 Å². The molecule has 0 saturated carbocycles. The van der Waals surface area contributed by atoms with E-state index in [1.165, 1.54) is 0 Å². The summed E-state index contributed by atoms with van der Waals surface area (Å²) >= 11 is 0. The van der Waals surface area contributed by atoms with Crippen LogP contribution in [0.5, 0.6) is 5.75 Å². The quantitative estimate of drug-likeness (QED) is 0.656. The van der Waals surface area contributed by atoms with E-state index >= 15 is 0 Å². The van der Waals surface area contributed by atoms with Crippen molar-refractivity contribution in [3.8, 4) is 5.75 Å². The van der Waals surface area contributed by atoms with Gasteiger partial charge < -0.3 is 13.8 Å². The number of anilines is 1. The fourth-order valence-corrected chi connectivity index (χ4v) is 3.74. The molecule has 1 aliphatic rings. The minimum atomic E-state index is -0.363. The Kier molecular flexibility index (Phi) is 4.85. The molecule has 28 heavy (non-hydrogen) atoms. The van der Waals surface area contributed by atoms with Gasteiger partial charge in [-0.05, 0) is 44.2 Å². The molecule has 0 spiro atoms. The fraction of sp³-hybridized carbons (Fsp3) is 0.400. The summed E-state index contributed by atoms with van der Waals surface area (Å²) < 4.78 is 12.7. The van der Waals surface area contributed by atoms with Crippen LogP contribution in [0.15, 0.2) is 16.7 Å². The van der Waals surface area contributed by atoms with Crippen molar-refractivity contribution >= 4 is 29.2 Å². The predicted molar refractivity (Wildman–Crippen MR) is 103 cm³/mol. The van der Waals surface area contributed by atoms with Gasteiger partial charge in [0.1, 0.15) is 17.6 Å². The molecule has 8 nitrogen and oxygen atoms in total. The molecule has 2 heterocycles. The summed E-state index contributed by atoms with van der Waals surface area (Å²) in [6.45, 7) is 2.67. The lowest BCUT2D eigenvalue weighted by Gasteiger charge is -2.11. The Hall–Kier alpha value is -3.16. The summed E-state index contributed by atoms with van der Waals surface area (Å²) in [7, 11) is 1.55. The first-order valence-corrected chi connectivity index (χ1v) is 9.48. The van der Waals surface area contributed by atoms with E-state index < -0.39 is 0 Å². The van der Waals surface area contributed by atoms with Crippen LogP contribution in [0.4, 0.5) is 5.95 Å². The van der Waals surface area contributed by atoms with Crippen molar-refractivity contribution < 1.29 is 18.8 Å². The highest BCUT2D eigenvalue weighted by Gasteiger charge is 2.26. The second-order valence-electron chi connectivity index (χ2n) is 6.89. The molecule has 3 aromatic rings. The average Bonchev–Trinajstić information content (AvgIpc) is 3.29. The number of rotatable bonds is 6. The molecule has 0 bridgehead atoms.